The maximum Gasteiger partial charge on any atom is 0.339 e. The Labute approximate surface area is 217 Å². The summed E-state index contributed by atoms with van der Waals surface area (Å²) >= 11 is 1.17. The predicted octanol–water partition coefficient (Wildman–Crippen LogP) is 5.52. The fourth-order valence-electron chi connectivity index (χ4n) is 3.71. The average molecular weight is 531 g/mol. The van der Waals surface area contributed by atoms with E-state index in [9.17, 15) is 17.6 Å². The van der Waals surface area contributed by atoms with Gasteiger partial charge in [0, 0.05) is 0 Å². The van der Waals surface area contributed by atoms with E-state index in [1.165, 1.54) is 40.0 Å². The van der Waals surface area contributed by atoms with Gasteiger partial charge in [0.25, 0.3) is 10.0 Å². The first-order valence-electron chi connectivity index (χ1n) is 11.2. The Morgan fingerprint density at radius 3 is 2.46 bits per heavy atom. The van der Waals surface area contributed by atoms with Crippen LogP contribution in [0.3, 0.4) is 0 Å². The zero-order chi connectivity index (χ0) is 25.8. The molecule has 9 heteroatoms. The Hall–Kier alpha value is -4.13. The van der Waals surface area contributed by atoms with Crippen molar-refractivity contribution in [3.05, 3.63) is 102 Å². The number of fused-ring (bicyclic) bond motifs is 2. The van der Waals surface area contributed by atoms with Crippen LogP contribution in [0.4, 0.5) is 4.39 Å². The average Bonchev–Trinajstić information content (AvgIpc) is 3.29. The van der Waals surface area contributed by atoms with E-state index < -0.39 is 21.8 Å². The topological polar surface area (TPSA) is 78.3 Å². The first kappa shape index (κ1) is 24.6. The number of para-hydroxylation sites is 2. The molecule has 37 heavy (non-hydrogen) atoms. The van der Waals surface area contributed by atoms with Crippen LogP contribution in [0.2, 0.25) is 0 Å². The van der Waals surface area contributed by atoms with Crippen molar-refractivity contribution in [2.45, 2.75) is 10.1 Å². The molecule has 184 valence electrons. The third kappa shape index (κ3) is 5.21. The van der Waals surface area contributed by atoms with Gasteiger partial charge >= 0.3 is 5.97 Å². The molecule has 1 aromatic heterocycles. The molecule has 0 aliphatic heterocycles. The summed E-state index contributed by atoms with van der Waals surface area (Å²) in [5.74, 6) is 4.78. The van der Waals surface area contributed by atoms with Gasteiger partial charge in [0.15, 0.2) is 11.8 Å². The summed E-state index contributed by atoms with van der Waals surface area (Å²) in [6.07, 6.45) is 0. The van der Waals surface area contributed by atoms with Crippen molar-refractivity contribution in [3.8, 4) is 11.8 Å². The number of esters is 1. The number of benzene rings is 4. The first-order valence-corrected chi connectivity index (χ1v) is 13.6. The number of rotatable bonds is 6. The molecule has 0 atom stereocenters. The fraction of sp³-hybridized carbons (Fsp3) is 0.0714. The Morgan fingerprint density at radius 2 is 1.65 bits per heavy atom. The molecule has 0 radical (unpaired) electrons. The first-order chi connectivity index (χ1) is 17.9. The van der Waals surface area contributed by atoms with Crippen molar-refractivity contribution >= 4 is 49.6 Å². The smallest absolute Gasteiger partial charge is 0.339 e. The molecule has 5 rings (SSSR count). The molecule has 0 spiro atoms. The number of halogens is 1. The summed E-state index contributed by atoms with van der Waals surface area (Å²) in [4.78, 5) is 16.7. The van der Waals surface area contributed by atoms with Crippen LogP contribution in [-0.2, 0) is 14.8 Å². The highest BCUT2D eigenvalue weighted by atomic mass is 32.2. The van der Waals surface area contributed by atoms with Gasteiger partial charge in [0.05, 0.1) is 27.2 Å². The summed E-state index contributed by atoms with van der Waals surface area (Å²) in [5, 5.41) is 2.05. The third-order valence-electron chi connectivity index (χ3n) is 5.50. The van der Waals surface area contributed by atoms with Crippen LogP contribution >= 0.6 is 11.8 Å². The number of carbonyl (C=O) groups is 1. The molecule has 0 saturated carbocycles. The van der Waals surface area contributed by atoms with Crippen molar-refractivity contribution in [3.63, 3.8) is 0 Å². The normalized spacial score (nSPS) is 11.3. The highest BCUT2D eigenvalue weighted by Crippen LogP contribution is 2.30. The molecule has 0 aliphatic carbocycles. The van der Waals surface area contributed by atoms with E-state index in [0.29, 0.717) is 11.0 Å². The Kier molecular flexibility index (Phi) is 6.95. The lowest BCUT2D eigenvalue weighted by Crippen LogP contribution is -2.14. The number of aromatic nitrogens is 2. The van der Waals surface area contributed by atoms with Crippen molar-refractivity contribution in [1.29, 1.82) is 0 Å². The largest absolute Gasteiger partial charge is 0.449 e. The number of nitrogens with zero attached hydrogens (tertiary/aromatic N) is 2. The monoisotopic (exact) mass is 530 g/mol. The lowest BCUT2D eigenvalue weighted by Gasteiger charge is -2.10. The lowest BCUT2D eigenvalue weighted by atomic mass is 10.1. The van der Waals surface area contributed by atoms with Crippen LogP contribution in [0, 0.1) is 17.7 Å². The zero-order valence-electron chi connectivity index (χ0n) is 19.3. The summed E-state index contributed by atoms with van der Waals surface area (Å²) in [5.41, 5.74) is 1.25. The lowest BCUT2D eigenvalue weighted by molar-refractivity contribution is 0.0556. The molecule has 0 saturated heterocycles. The van der Waals surface area contributed by atoms with Gasteiger partial charge in [-0.15, -0.1) is 0 Å². The molecule has 0 amide bonds. The number of thioether (sulfide) groups is 1. The van der Waals surface area contributed by atoms with Gasteiger partial charge in [-0.05, 0) is 59.3 Å². The third-order valence-corrected chi connectivity index (χ3v) is 8.14. The van der Waals surface area contributed by atoms with E-state index in [1.807, 2.05) is 24.3 Å². The van der Waals surface area contributed by atoms with E-state index in [-0.39, 0.29) is 28.0 Å². The number of hydrogen-bond acceptors (Lipinski definition) is 6. The van der Waals surface area contributed by atoms with Gasteiger partial charge in [-0.3, -0.25) is 0 Å². The molecule has 1 heterocycles. The molecule has 6 nitrogen and oxygen atoms in total. The van der Waals surface area contributed by atoms with Gasteiger partial charge < -0.3 is 4.74 Å². The Bertz CT molecular complexity index is 1790. The zero-order valence-corrected chi connectivity index (χ0v) is 20.9. The fourth-order valence-corrected chi connectivity index (χ4v) is 6.23. The summed E-state index contributed by atoms with van der Waals surface area (Å²) in [7, 11) is -3.95. The van der Waals surface area contributed by atoms with Crippen molar-refractivity contribution in [2.75, 3.05) is 12.4 Å². The molecule has 4 aromatic carbocycles. The second-order valence-corrected chi connectivity index (χ2v) is 10.6. The summed E-state index contributed by atoms with van der Waals surface area (Å²) in [6.45, 7) is -0.150. The van der Waals surface area contributed by atoms with Crippen molar-refractivity contribution < 1.29 is 22.3 Å². The molecule has 0 aliphatic rings. The van der Waals surface area contributed by atoms with Gasteiger partial charge in [-0.25, -0.2) is 26.6 Å². The number of imidazole rings is 1. The minimum absolute atomic E-state index is 0.150. The van der Waals surface area contributed by atoms with Crippen molar-refractivity contribution in [2.24, 2.45) is 0 Å². The van der Waals surface area contributed by atoms with E-state index in [2.05, 4.69) is 16.8 Å². The van der Waals surface area contributed by atoms with Gasteiger partial charge in [0.2, 0.25) is 0 Å². The van der Waals surface area contributed by atoms with Gasteiger partial charge in [-0.1, -0.05) is 66.1 Å². The minimum atomic E-state index is -3.95. The van der Waals surface area contributed by atoms with E-state index in [4.69, 9.17) is 4.74 Å². The maximum atomic E-state index is 13.7. The number of carbonyl (C=O) groups excluding carboxylic acids is 1. The minimum Gasteiger partial charge on any atom is -0.449 e. The molecule has 0 N–H and O–H groups in total. The van der Waals surface area contributed by atoms with Crippen molar-refractivity contribution in [1.82, 2.24) is 8.96 Å². The highest BCUT2D eigenvalue weighted by Gasteiger charge is 2.24. The van der Waals surface area contributed by atoms with Gasteiger partial charge in [0.1, 0.15) is 5.82 Å². The van der Waals surface area contributed by atoms with Crippen LogP contribution in [0.15, 0.2) is 101 Å². The Morgan fingerprint density at radius 1 is 0.919 bits per heavy atom. The SMILES string of the molecule is O=C(OCC#CCSc1nc2ccccc2n1S(=O)(=O)c1ccc2ccccc2c1)c1ccc(F)cc1. The number of hydrogen-bond donors (Lipinski definition) is 0. The molecule has 0 bridgehead atoms. The van der Waals surface area contributed by atoms with Crippen LogP contribution in [0.5, 0.6) is 0 Å². The second kappa shape index (κ2) is 10.5. The maximum absolute atomic E-state index is 13.7. The van der Waals surface area contributed by atoms with Crippen LogP contribution in [0.25, 0.3) is 21.8 Å². The standard InChI is InChI=1S/C28H19FN2O4S2/c29-23-14-11-21(12-15-23)27(32)35-17-5-6-18-36-28-30-25-9-3-4-10-26(25)31(28)37(33,34)24-16-13-20-7-1-2-8-22(20)19-24/h1-4,7-16,19H,17-18H2. The molecule has 5 aromatic rings. The quantitative estimate of drug-likeness (QED) is 0.164. The molecular formula is C28H19FN2O4S2. The summed E-state index contributed by atoms with van der Waals surface area (Å²) in [6, 6.07) is 24.7. The predicted molar refractivity (Wildman–Crippen MR) is 141 cm³/mol. The van der Waals surface area contributed by atoms with E-state index >= 15 is 0 Å². The molecular weight excluding hydrogens is 511 g/mol. The van der Waals surface area contributed by atoms with Crippen LogP contribution < -0.4 is 0 Å². The van der Waals surface area contributed by atoms with Crippen LogP contribution in [0.1, 0.15) is 10.4 Å². The van der Waals surface area contributed by atoms with Crippen LogP contribution in [-0.4, -0.2) is 35.7 Å². The Balaban J connectivity index is 1.35. The van der Waals surface area contributed by atoms with Gasteiger partial charge in [-0.2, -0.15) is 0 Å². The second-order valence-electron chi connectivity index (χ2n) is 7.89. The number of ether oxygens (including phenoxy) is 1. The van der Waals surface area contributed by atoms with E-state index in [1.54, 1.807) is 42.5 Å². The summed E-state index contributed by atoms with van der Waals surface area (Å²) < 4.78 is 46.8. The molecule has 0 fully saturated rings. The molecule has 0 unspecified atom stereocenters. The van der Waals surface area contributed by atoms with E-state index in [0.717, 1.165) is 10.8 Å². The highest BCUT2D eigenvalue weighted by molar-refractivity contribution is 8.00.